The number of rotatable bonds is 3. The van der Waals surface area contributed by atoms with E-state index in [4.69, 9.17) is 4.42 Å². The molecule has 1 aromatic heterocycles. The summed E-state index contributed by atoms with van der Waals surface area (Å²) in [7, 11) is 0. The van der Waals surface area contributed by atoms with Crippen LogP contribution < -0.4 is 0 Å². The van der Waals surface area contributed by atoms with E-state index in [1.54, 1.807) is 6.92 Å². The number of hydrogen-bond donors (Lipinski definition) is 0. The lowest BCUT2D eigenvalue weighted by Crippen LogP contribution is -2.58. The second-order valence-corrected chi connectivity index (χ2v) is 6.11. The second-order valence-electron chi connectivity index (χ2n) is 6.11. The molecule has 1 fully saturated rings. The molecule has 1 amide bonds. The van der Waals surface area contributed by atoms with Crippen molar-refractivity contribution in [3.8, 4) is 0 Å². The van der Waals surface area contributed by atoms with E-state index in [0.717, 1.165) is 24.1 Å². The number of nitrogens with zero attached hydrogens (tertiary/aromatic N) is 3. The smallest absolute Gasteiger partial charge is 0.254 e. The summed E-state index contributed by atoms with van der Waals surface area (Å²) in [5.74, 6) is 1.26. The molecule has 1 aliphatic heterocycles. The maximum Gasteiger partial charge on any atom is 0.254 e. The Hall–Kier alpha value is -2.17. The summed E-state index contributed by atoms with van der Waals surface area (Å²) in [5.41, 5.74) is 1.77. The summed E-state index contributed by atoms with van der Waals surface area (Å²) in [6.45, 7) is 6.81. The number of benzene rings is 1. The van der Waals surface area contributed by atoms with E-state index in [1.165, 1.54) is 0 Å². The third-order valence-corrected chi connectivity index (χ3v) is 4.05. The van der Waals surface area contributed by atoms with Crippen LogP contribution in [0.15, 0.2) is 28.7 Å². The van der Waals surface area contributed by atoms with Crippen molar-refractivity contribution in [2.24, 2.45) is 0 Å². The molecule has 3 rings (SSSR count). The van der Waals surface area contributed by atoms with Crippen molar-refractivity contribution in [2.75, 3.05) is 6.54 Å². The number of aromatic nitrogens is 2. The van der Waals surface area contributed by atoms with Crippen LogP contribution >= 0.6 is 0 Å². The van der Waals surface area contributed by atoms with E-state index in [2.05, 4.69) is 24.0 Å². The van der Waals surface area contributed by atoms with Gasteiger partial charge in [0.05, 0.1) is 6.42 Å². The first-order valence-electron chi connectivity index (χ1n) is 7.16. The number of hydrogen-bond acceptors (Lipinski definition) is 4. The van der Waals surface area contributed by atoms with Gasteiger partial charge < -0.3 is 9.32 Å². The van der Waals surface area contributed by atoms with Gasteiger partial charge in [0.25, 0.3) is 5.91 Å². The van der Waals surface area contributed by atoms with E-state index in [0.29, 0.717) is 18.2 Å². The Labute approximate surface area is 124 Å². The number of amides is 1. The maximum absolute atomic E-state index is 12.4. The van der Waals surface area contributed by atoms with Gasteiger partial charge in [-0.3, -0.25) is 4.79 Å². The quantitative estimate of drug-likeness (QED) is 0.869. The molecule has 110 valence electrons. The van der Waals surface area contributed by atoms with Crippen molar-refractivity contribution >= 4 is 5.91 Å². The topological polar surface area (TPSA) is 59.2 Å². The Kier molecular flexibility index (Phi) is 3.27. The zero-order chi connectivity index (χ0) is 15.0. The monoisotopic (exact) mass is 285 g/mol. The zero-order valence-corrected chi connectivity index (χ0v) is 12.6. The lowest BCUT2D eigenvalue weighted by atomic mass is 9.88. The minimum Gasteiger partial charge on any atom is -0.425 e. The SMILES string of the molecule is Cc1nnc(Cc2ccc(C(=O)N3CCC3(C)C)cc2)o1. The first-order valence-corrected chi connectivity index (χ1v) is 7.16. The van der Waals surface area contributed by atoms with Crippen molar-refractivity contribution in [1.29, 1.82) is 0 Å². The highest BCUT2D eigenvalue weighted by Crippen LogP contribution is 2.31. The molecule has 0 atom stereocenters. The molecule has 1 aromatic carbocycles. The molecule has 0 unspecified atom stereocenters. The molecule has 5 heteroatoms. The van der Waals surface area contributed by atoms with Gasteiger partial charge in [0.2, 0.25) is 11.8 Å². The van der Waals surface area contributed by atoms with Gasteiger partial charge in [-0.15, -0.1) is 10.2 Å². The van der Waals surface area contributed by atoms with Crippen LogP contribution in [-0.4, -0.2) is 33.1 Å². The highest BCUT2D eigenvalue weighted by atomic mass is 16.4. The van der Waals surface area contributed by atoms with Gasteiger partial charge in [-0.1, -0.05) is 12.1 Å². The van der Waals surface area contributed by atoms with Gasteiger partial charge in [0.1, 0.15) is 0 Å². The van der Waals surface area contributed by atoms with Crippen LogP contribution in [0.1, 0.15) is 48.0 Å². The van der Waals surface area contributed by atoms with Gasteiger partial charge >= 0.3 is 0 Å². The molecule has 21 heavy (non-hydrogen) atoms. The van der Waals surface area contributed by atoms with Crippen LogP contribution in [0, 0.1) is 6.92 Å². The summed E-state index contributed by atoms with van der Waals surface area (Å²) in [6, 6.07) is 7.63. The summed E-state index contributed by atoms with van der Waals surface area (Å²) < 4.78 is 5.36. The molecular formula is C16H19N3O2. The van der Waals surface area contributed by atoms with E-state index in [-0.39, 0.29) is 11.4 Å². The molecule has 0 bridgehead atoms. The lowest BCUT2D eigenvalue weighted by molar-refractivity contribution is 0.0157. The molecule has 0 radical (unpaired) electrons. The van der Waals surface area contributed by atoms with Gasteiger partial charge in [0.15, 0.2) is 0 Å². The van der Waals surface area contributed by atoms with Crippen molar-refractivity contribution in [2.45, 2.75) is 39.2 Å². The number of likely N-dealkylation sites (tertiary alicyclic amines) is 1. The third-order valence-electron chi connectivity index (χ3n) is 4.05. The summed E-state index contributed by atoms with van der Waals surface area (Å²) in [5, 5.41) is 7.79. The Morgan fingerprint density at radius 2 is 2.00 bits per heavy atom. The third kappa shape index (κ3) is 2.68. The Balaban J connectivity index is 1.71. The normalized spacial score (nSPS) is 16.6. The first-order chi connectivity index (χ1) is 9.95. The highest BCUT2D eigenvalue weighted by molar-refractivity contribution is 5.95. The Bertz CT molecular complexity index is 658. The number of carbonyl (C=O) groups excluding carboxylic acids is 1. The van der Waals surface area contributed by atoms with Gasteiger partial charge in [0, 0.05) is 24.6 Å². The summed E-state index contributed by atoms with van der Waals surface area (Å²) >= 11 is 0. The molecule has 1 aliphatic rings. The minimum atomic E-state index is -0.0168. The number of aryl methyl sites for hydroxylation is 1. The van der Waals surface area contributed by atoms with Crippen LogP contribution in [0.4, 0.5) is 0 Å². The average Bonchev–Trinajstić information content (AvgIpc) is 2.84. The molecule has 2 aromatic rings. The van der Waals surface area contributed by atoms with E-state index in [1.807, 2.05) is 29.2 Å². The second kappa shape index (κ2) is 4.98. The van der Waals surface area contributed by atoms with Crippen LogP contribution in [0.2, 0.25) is 0 Å². The van der Waals surface area contributed by atoms with Gasteiger partial charge in [-0.25, -0.2) is 0 Å². The fraction of sp³-hybridized carbons (Fsp3) is 0.438. The van der Waals surface area contributed by atoms with Crippen molar-refractivity contribution < 1.29 is 9.21 Å². The predicted molar refractivity (Wildman–Crippen MR) is 78.0 cm³/mol. The zero-order valence-electron chi connectivity index (χ0n) is 12.6. The molecule has 0 saturated carbocycles. The Morgan fingerprint density at radius 1 is 1.29 bits per heavy atom. The molecule has 1 saturated heterocycles. The van der Waals surface area contributed by atoms with Crippen molar-refractivity contribution in [3.63, 3.8) is 0 Å². The highest BCUT2D eigenvalue weighted by Gasteiger charge is 2.39. The molecule has 5 nitrogen and oxygen atoms in total. The Morgan fingerprint density at radius 3 is 2.48 bits per heavy atom. The largest absolute Gasteiger partial charge is 0.425 e. The van der Waals surface area contributed by atoms with Crippen LogP contribution in [-0.2, 0) is 6.42 Å². The van der Waals surface area contributed by atoms with Gasteiger partial charge in [-0.05, 0) is 38.0 Å². The molecular weight excluding hydrogens is 266 g/mol. The van der Waals surface area contributed by atoms with Crippen molar-refractivity contribution in [1.82, 2.24) is 15.1 Å². The van der Waals surface area contributed by atoms with Gasteiger partial charge in [-0.2, -0.15) is 0 Å². The first kappa shape index (κ1) is 13.8. The number of carbonyl (C=O) groups is 1. The fourth-order valence-corrected chi connectivity index (χ4v) is 2.55. The lowest BCUT2D eigenvalue weighted by Gasteiger charge is -2.48. The van der Waals surface area contributed by atoms with Crippen LogP contribution in [0.25, 0.3) is 0 Å². The molecule has 0 aliphatic carbocycles. The minimum absolute atomic E-state index is 0.0168. The molecule has 0 spiro atoms. The maximum atomic E-state index is 12.4. The van der Waals surface area contributed by atoms with E-state index >= 15 is 0 Å². The predicted octanol–water partition coefficient (Wildman–Crippen LogP) is 2.59. The summed E-state index contributed by atoms with van der Waals surface area (Å²) in [4.78, 5) is 14.3. The van der Waals surface area contributed by atoms with Crippen LogP contribution in [0.5, 0.6) is 0 Å². The van der Waals surface area contributed by atoms with Crippen molar-refractivity contribution in [3.05, 3.63) is 47.2 Å². The fourth-order valence-electron chi connectivity index (χ4n) is 2.55. The molecule has 0 N–H and O–H groups in total. The van der Waals surface area contributed by atoms with E-state index in [9.17, 15) is 4.79 Å². The van der Waals surface area contributed by atoms with E-state index < -0.39 is 0 Å². The average molecular weight is 285 g/mol. The molecule has 2 heterocycles. The summed E-state index contributed by atoms with van der Waals surface area (Å²) in [6.07, 6.45) is 1.65. The van der Waals surface area contributed by atoms with Crippen LogP contribution in [0.3, 0.4) is 0 Å². The standard InChI is InChI=1S/C16H19N3O2/c1-11-17-18-14(21-11)10-12-4-6-13(7-5-12)15(20)19-9-8-16(19,2)3/h4-7H,8-10H2,1-3H3.